The van der Waals surface area contributed by atoms with E-state index in [1.54, 1.807) is 24.9 Å². The highest BCUT2D eigenvalue weighted by atomic mass is 16.5. The molecule has 16 heavy (non-hydrogen) atoms. The van der Waals surface area contributed by atoms with Crippen LogP contribution in [0, 0.1) is 12.3 Å². The van der Waals surface area contributed by atoms with Gasteiger partial charge in [-0.05, 0) is 19.3 Å². The largest absolute Gasteiger partial charge is 0.351 e. The molecule has 0 spiro atoms. The van der Waals surface area contributed by atoms with Gasteiger partial charge < -0.3 is 9.42 Å². The summed E-state index contributed by atoms with van der Waals surface area (Å²) in [4.78, 5) is 13.7. The number of rotatable bonds is 2. The summed E-state index contributed by atoms with van der Waals surface area (Å²) in [6.07, 6.45) is 0. The second-order valence-corrected chi connectivity index (χ2v) is 5.29. The summed E-state index contributed by atoms with van der Waals surface area (Å²) in [5.41, 5.74) is 0.764. The third kappa shape index (κ3) is 2.62. The van der Waals surface area contributed by atoms with Gasteiger partial charge in [-0.3, -0.25) is 4.79 Å². The topological polar surface area (TPSA) is 46.3 Å². The first-order valence-electron chi connectivity index (χ1n) is 5.44. The molecule has 1 unspecified atom stereocenters. The molecule has 0 aliphatic rings. The summed E-state index contributed by atoms with van der Waals surface area (Å²) in [5, 5.41) is 3.72. The second kappa shape index (κ2) is 4.28. The van der Waals surface area contributed by atoms with Crippen LogP contribution in [0.3, 0.4) is 0 Å². The van der Waals surface area contributed by atoms with Crippen LogP contribution in [0.1, 0.15) is 43.9 Å². The zero-order valence-corrected chi connectivity index (χ0v) is 10.9. The van der Waals surface area contributed by atoms with Gasteiger partial charge in [0, 0.05) is 19.2 Å². The molecule has 0 aliphatic carbocycles. The SMILES string of the molecule is Cc1cc(C(=O)N(C)C(C)C(C)(C)C)on1. The van der Waals surface area contributed by atoms with E-state index in [4.69, 9.17) is 4.52 Å². The number of hydrogen-bond acceptors (Lipinski definition) is 3. The second-order valence-electron chi connectivity index (χ2n) is 5.29. The third-order valence-electron chi connectivity index (χ3n) is 2.99. The summed E-state index contributed by atoms with van der Waals surface area (Å²) in [5.74, 6) is 0.180. The zero-order chi connectivity index (χ0) is 12.5. The van der Waals surface area contributed by atoms with Gasteiger partial charge in [0.25, 0.3) is 5.91 Å². The highest BCUT2D eigenvalue weighted by Crippen LogP contribution is 2.24. The van der Waals surface area contributed by atoms with Crippen molar-refractivity contribution in [1.29, 1.82) is 0 Å². The van der Waals surface area contributed by atoms with Crippen molar-refractivity contribution < 1.29 is 9.32 Å². The van der Waals surface area contributed by atoms with Crippen LogP contribution in [0.4, 0.5) is 0 Å². The summed E-state index contributed by atoms with van der Waals surface area (Å²) in [6.45, 7) is 10.1. The molecule has 4 nitrogen and oxygen atoms in total. The van der Waals surface area contributed by atoms with E-state index in [0.29, 0.717) is 5.76 Å². The van der Waals surface area contributed by atoms with Gasteiger partial charge in [0.2, 0.25) is 5.76 Å². The van der Waals surface area contributed by atoms with Crippen molar-refractivity contribution in [2.24, 2.45) is 5.41 Å². The minimum Gasteiger partial charge on any atom is -0.351 e. The Bertz CT molecular complexity index is 377. The third-order valence-corrected chi connectivity index (χ3v) is 2.99. The molecule has 90 valence electrons. The molecule has 0 saturated heterocycles. The Balaban J connectivity index is 2.83. The van der Waals surface area contributed by atoms with Gasteiger partial charge in [-0.25, -0.2) is 0 Å². The van der Waals surface area contributed by atoms with Crippen LogP contribution in [-0.2, 0) is 0 Å². The average molecular weight is 224 g/mol. The van der Waals surface area contributed by atoms with Crippen LogP contribution in [0.15, 0.2) is 10.6 Å². The predicted molar refractivity (Wildman–Crippen MR) is 62.3 cm³/mol. The fraction of sp³-hybridized carbons (Fsp3) is 0.667. The Morgan fingerprint density at radius 2 is 2.06 bits per heavy atom. The van der Waals surface area contributed by atoms with Gasteiger partial charge in [-0.15, -0.1) is 0 Å². The summed E-state index contributed by atoms with van der Waals surface area (Å²) >= 11 is 0. The number of carbonyl (C=O) groups excluding carboxylic acids is 1. The smallest absolute Gasteiger partial charge is 0.292 e. The van der Waals surface area contributed by atoms with Crippen LogP contribution in [-0.4, -0.2) is 29.1 Å². The van der Waals surface area contributed by atoms with E-state index in [9.17, 15) is 4.79 Å². The molecule has 1 heterocycles. The standard InChI is InChI=1S/C12H20N2O2/c1-8-7-10(16-13-8)11(15)14(6)9(2)12(3,4)5/h7,9H,1-6H3. The average Bonchev–Trinajstić information content (AvgIpc) is 2.60. The first-order chi connectivity index (χ1) is 7.23. The van der Waals surface area contributed by atoms with Gasteiger partial charge in [0.05, 0.1) is 5.69 Å². The molecule has 4 heteroatoms. The molecule has 1 aromatic heterocycles. The maximum Gasteiger partial charge on any atom is 0.292 e. The lowest BCUT2D eigenvalue weighted by Gasteiger charge is -2.34. The fourth-order valence-electron chi connectivity index (χ4n) is 1.40. The monoisotopic (exact) mass is 224 g/mol. The molecule has 0 N–H and O–H groups in total. The van der Waals surface area contributed by atoms with Gasteiger partial charge in [-0.2, -0.15) is 0 Å². The van der Waals surface area contributed by atoms with E-state index < -0.39 is 0 Å². The lowest BCUT2D eigenvalue weighted by atomic mass is 9.87. The van der Waals surface area contributed by atoms with Crippen molar-refractivity contribution in [1.82, 2.24) is 10.1 Å². The minimum absolute atomic E-state index is 0.0411. The summed E-state index contributed by atoms with van der Waals surface area (Å²) in [7, 11) is 1.79. The van der Waals surface area contributed by atoms with Crippen LogP contribution in [0.5, 0.6) is 0 Å². The lowest BCUT2D eigenvalue weighted by Crippen LogP contribution is -2.42. The van der Waals surface area contributed by atoms with Crippen molar-refractivity contribution in [3.05, 3.63) is 17.5 Å². The van der Waals surface area contributed by atoms with E-state index in [2.05, 4.69) is 25.9 Å². The molecule has 0 bridgehead atoms. The molecular formula is C12H20N2O2. The molecule has 1 rings (SSSR count). The number of aryl methyl sites for hydroxylation is 1. The normalized spacial score (nSPS) is 13.6. The van der Waals surface area contributed by atoms with E-state index >= 15 is 0 Å². The summed E-state index contributed by atoms with van der Waals surface area (Å²) in [6, 6.07) is 1.79. The molecule has 0 aromatic carbocycles. The van der Waals surface area contributed by atoms with Crippen molar-refractivity contribution in [2.75, 3.05) is 7.05 Å². The van der Waals surface area contributed by atoms with Crippen LogP contribution >= 0.6 is 0 Å². The number of hydrogen-bond donors (Lipinski definition) is 0. The molecule has 0 radical (unpaired) electrons. The Morgan fingerprint density at radius 1 is 1.50 bits per heavy atom. The highest BCUT2D eigenvalue weighted by molar-refractivity contribution is 5.91. The van der Waals surface area contributed by atoms with E-state index in [-0.39, 0.29) is 17.4 Å². The van der Waals surface area contributed by atoms with E-state index in [1.165, 1.54) is 0 Å². The van der Waals surface area contributed by atoms with Gasteiger partial charge in [-0.1, -0.05) is 25.9 Å². The Hall–Kier alpha value is -1.32. The molecular weight excluding hydrogens is 204 g/mol. The van der Waals surface area contributed by atoms with Crippen molar-refractivity contribution in [3.63, 3.8) is 0 Å². The van der Waals surface area contributed by atoms with Crippen LogP contribution < -0.4 is 0 Å². The Morgan fingerprint density at radius 3 is 2.44 bits per heavy atom. The van der Waals surface area contributed by atoms with Crippen molar-refractivity contribution in [2.45, 2.75) is 40.7 Å². The zero-order valence-electron chi connectivity index (χ0n) is 10.9. The number of amides is 1. The fourth-order valence-corrected chi connectivity index (χ4v) is 1.40. The van der Waals surface area contributed by atoms with Gasteiger partial charge in [0.15, 0.2) is 0 Å². The Labute approximate surface area is 96.6 Å². The highest BCUT2D eigenvalue weighted by Gasteiger charge is 2.29. The molecule has 0 aliphatic heterocycles. The van der Waals surface area contributed by atoms with E-state index in [1.807, 2.05) is 6.92 Å². The maximum atomic E-state index is 12.0. The lowest BCUT2D eigenvalue weighted by molar-refractivity contribution is 0.0588. The first kappa shape index (κ1) is 12.7. The van der Waals surface area contributed by atoms with E-state index in [0.717, 1.165) is 5.69 Å². The van der Waals surface area contributed by atoms with Crippen molar-refractivity contribution >= 4 is 5.91 Å². The first-order valence-corrected chi connectivity index (χ1v) is 5.44. The maximum absolute atomic E-state index is 12.0. The quantitative estimate of drug-likeness (QED) is 0.775. The molecule has 1 aromatic rings. The van der Waals surface area contributed by atoms with Crippen LogP contribution in [0.25, 0.3) is 0 Å². The predicted octanol–water partition coefficient (Wildman–Crippen LogP) is 2.49. The Kier molecular flexibility index (Phi) is 3.41. The number of nitrogens with zero attached hydrogens (tertiary/aromatic N) is 2. The molecule has 0 saturated carbocycles. The van der Waals surface area contributed by atoms with Gasteiger partial charge >= 0.3 is 0 Å². The van der Waals surface area contributed by atoms with Crippen molar-refractivity contribution in [3.8, 4) is 0 Å². The number of aromatic nitrogens is 1. The summed E-state index contributed by atoms with van der Waals surface area (Å²) < 4.78 is 4.97. The number of carbonyl (C=O) groups is 1. The molecule has 0 fully saturated rings. The minimum atomic E-state index is -0.122. The van der Waals surface area contributed by atoms with Gasteiger partial charge in [0.1, 0.15) is 0 Å². The van der Waals surface area contributed by atoms with Crippen LogP contribution in [0.2, 0.25) is 0 Å². The molecule has 1 atom stereocenters. The molecule has 1 amide bonds.